The summed E-state index contributed by atoms with van der Waals surface area (Å²) in [6, 6.07) is 12.1. The zero-order chi connectivity index (χ0) is 18.5. The SMILES string of the molecule is N#Cc1ccc(O[C@@H]2COCC[C@H]2NC(=O)c2ccc(F)cc2Cl)cc1. The smallest absolute Gasteiger partial charge is 0.253 e. The van der Waals surface area contributed by atoms with Gasteiger partial charge in [0.05, 0.1) is 34.9 Å². The Kier molecular flexibility index (Phi) is 5.71. The van der Waals surface area contributed by atoms with Crippen LogP contribution in [-0.4, -0.2) is 31.3 Å². The zero-order valence-electron chi connectivity index (χ0n) is 13.7. The lowest BCUT2D eigenvalue weighted by Gasteiger charge is -2.32. The van der Waals surface area contributed by atoms with E-state index in [-0.39, 0.29) is 22.7 Å². The molecule has 5 nitrogen and oxygen atoms in total. The minimum atomic E-state index is -0.500. The van der Waals surface area contributed by atoms with Gasteiger partial charge in [0.1, 0.15) is 17.7 Å². The summed E-state index contributed by atoms with van der Waals surface area (Å²) in [6.45, 7) is 0.817. The van der Waals surface area contributed by atoms with E-state index < -0.39 is 11.7 Å². The van der Waals surface area contributed by atoms with Gasteiger partial charge in [0, 0.05) is 6.61 Å². The summed E-state index contributed by atoms with van der Waals surface area (Å²) < 4.78 is 24.5. The van der Waals surface area contributed by atoms with Crippen molar-refractivity contribution in [2.24, 2.45) is 0 Å². The maximum absolute atomic E-state index is 13.2. The number of rotatable bonds is 4. The third-order valence-corrected chi connectivity index (χ3v) is 4.38. The number of hydrogen-bond acceptors (Lipinski definition) is 4. The first-order valence-corrected chi connectivity index (χ1v) is 8.45. The van der Waals surface area contributed by atoms with E-state index >= 15 is 0 Å². The second kappa shape index (κ2) is 8.17. The number of nitrogens with one attached hydrogen (secondary N) is 1. The van der Waals surface area contributed by atoms with Crippen molar-refractivity contribution < 1.29 is 18.7 Å². The van der Waals surface area contributed by atoms with Gasteiger partial charge in [0.15, 0.2) is 0 Å². The predicted octanol–water partition coefficient (Wildman–Crippen LogP) is 3.32. The van der Waals surface area contributed by atoms with E-state index in [0.29, 0.717) is 30.9 Å². The molecule has 1 heterocycles. The number of nitrogens with zero attached hydrogens (tertiary/aromatic N) is 1. The van der Waals surface area contributed by atoms with Crippen molar-refractivity contribution in [2.75, 3.05) is 13.2 Å². The first-order chi connectivity index (χ1) is 12.6. The molecule has 1 amide bonds. The van der Waals surface area contributed by atoms with Crippen LogP contribution in [0, 0.1) is 17.1 Å². The fraction of sp³-hybridized carbons (Fsp3) is 0.263. The van der Waals surface area contributed by atoms with Gasteiger partial charge in [-0.3, -0.25) is 4.79 Å². The van der Waals surface area contributed by atoms with Crippen LogP contribution in [0.4, 0.5) is 4.39 Å². The molecule has 0 radical (unpaired) electrons. The molecule has 2 aromatic rings. The quantitative estimate of drug-likeness (QED) is 0.891. The van der Waals surface area contributed by atoms with E-state index in [4.69, 9.17) is 26.3 Å². The number of nitriles is 1. The molecule has 1 aliphatic heterocycles. The Labute approximate surface area is 155 Å². The highest BCUT2D eigenvalue weighted by molar-refractivity contribution is 6.33. The van der Waals surface area contributed by atoms with Crippen molar-refractivity contribution in [3.63, 3.8) is 0 Å². The molecule has 0 saturated carbocycles. The van der Waals surface area contributed by atoms with E-state index in [0.717, 1.165) is 6.07 Å². The minimum absolute atomic E-state index is 0.0547. The monoisotopic (exact) mass is 374 g/mol. The van der Waals surface area contributed by atoms with Crippen molar-refractivity contribution in [2.45, 2.75) is 18.6 Å². The van der Waals surface area contributed by atoms with Crippen LogP contribution in [0.2, 0.25) is 5.02 Å². The second-order valence-corrected chi connectivity index (χ2v) is 6.27. The van der Waals surface area contributed by atoms with Crippen LogP contribution in [0.1, 0.15) is 22.3 Å². The summed E-state index contributed by atoms with van der Waals surface area (Å²) in [4.78, 5) is 12.5. The average molecular weight is 375 g/mol. The molecule has 1 N–H and O–H groups in total. The number of amides is 1. The highest BCUT2D eigenvalue weighted by atomic mass is 35.5. The molecule has 7 heteroatoms. The summed E-state index contributed by atoms with van der Waals surface area (Å²) in [5, 5.41) is 11.8. The fourth-order valence-corrected chi connectivity index (χ4v) is 2.95. The van der Waals surface area contributed by atoms with Crippen molar-refractivity contribution in [1.29, 1.82) is 5.26 Å². The van der Waals surface area contributed by atoms with Gasteiger partial charge in [0.25, 0.3) is 5.91 Å². The van der Waals surface area contributed by atoms with Crippen LogP contribution < -0.4 is 10.1 Å². The first kappa shape index (κ1) is 18.2. The largest absolute Gasteiger partial charge is 0.486 e. The number of carbonyl (C=O) groups excluding carboxylic acids is 1. The molecular formula is C19H16ClFN2O3. The molecule has 1 fully saturated rings. The van der Waals surface area contributed by atoms with Crippen LogP contribution >= 0.6 is 11.6 Å². The van der Waals surface area contributed by atoms with Gasteiger partial charge >= 0.3 is 0 Å². The average Bonchev–Trinajstić information content (AvgIpc) is 2.64. The lowest BCUT2D eigenvalue weighted by atomic mass is 10.0. The molecule has 0 unspecified atom stereocenters. The van der Waals surface area contributed by atoms with Gasteiger partial charge in [-0.1, -0.05) is 11.6 Å². The van der Waals surface area contributed by atoms with Gasteiger partial charge < -0.3 is 14.8 Å². The molecule has 26 heavy (non-hydrogen) atoms. The summed E-state index contributed by atoms with van der Waals surface area (Å²) in [5.41, 5.74) is 0.740. The van der Waals surface area contributed by atoms with E-state index in [1.807, 2.05) is 6.07 Å². The zero-order valence-corrected chi connectivity index (χ0v) is 14.5. The van der Waals surface area contributed by atoms with Crippen LogP contribution in [-0.2, 0) is 4.74 Å². The Hall–Kier alpha value is -2.62. The summed E-state index contributed by atoms with van der Waals surface area (Å²) in [5.74, 6) is -0.312. The number of benzene rings is 2. The summed E-state index contributed by atoms with van der Waals surface area (Å²) >= 11 is 5.95. The highest BCUT2D eigenvalue weighted by Gasteiger charge is 2.29. The van der Waals surface area contributed by atoms with Crippen LogP contribution in [0.5, 0.6) is 5.75 Å². The number of hydrogen-bond donors (Lipinski definition) is 1. The first-order valence-electron chi connectivity index (χ1n) is 8.07. The normalized spacial score (nSPS) is 19.4. The fourth-order valence-electron chi connectivity index (χ4n) is 2.70. The molecule has 134 valence electrons. The molecule has 1 aliphatic rings. The molecule has 0 aliphatic carbocycles. The summed E-state index contributed by atoms with van der Waals surface area (Å²) in [6.07, 6.45) is 0.186. The van der Waals surface area contributed by atoms with E-state index in [9.17, 15) is 9.18 Å². The van der Waals surface area contributed by atoms with Gasteiger partial charge in [0.2, 0.25) is 0 Å². The minimum Gasteiger partial charge on any atom is -0.486 e. The van der Waals surface area contributed by atoms with Gasteiger partial charge in [-0.25, -0.2) is 4.39 Å². The number of ether oxygens (including phenoxy) is 2. The van der Waals surface area contributed by atoms with Crippen LogP contribution in [0.15, 0.2) is 42.5 Å². The van der Waals surface area contributed by atoms with Crippen LogP contribution in [0.25, 0.3) is 0 Å². The second-order valence-electron chi connectivity index (χ2n) is 5.86. The van der Waals surface area contributed by atoms with E-state index in [1.54, 1.807) is 24.3 Å². The van der Waals surface area contributed by atoms with Gasteiger partial charge in [-0.05, 0) is 48.9 Å². The van der Waals surface area contributed by atoms with Crippen LogP contribution in [0.3, 0.4) is 0 Å². The predicted molar refractivity (Wildman–Crippen MR) is 93.7 cm³/mol. The van der Waals surface area contributed by atoms with E-state index in [1.165, 1.54) is 12.1 Å². The lowest BCUT2D eigenvalue weighted by Crippen LogP contribution is -2.51. The van der Waals surface area contributed by atoms with Crippen molar-refractivity contribution in [3.05, 3.63) is 64.4 Å². The molecule has 0 aromatic heterocycles. The molecule has 0 spiro atoms. The topological polar surface area (TPSA) is 71.3 Å². The lowest BCUT2D eigenvalue weighted by molar-refractivity contribution is -0.0135. The standard InChI is InChI=1S/C19H16ClFN2O3/c20-16-9-13(21)3-6-15(16)19(24)23-17-7-8-25-11-18(17)26-14-4-1-12(10-22)2-5-14/h1-6,9,17-18H,7-8,11H2,(H,23,24)/t17-,18-/m1/s1. The Morgan fingerprint density at radius 3 is 2.77 bits per heavy atom. The Bertz CT molecular complexity index is 836. The van der Waals surface area contributed by atoms with Crippen molar-refractivity contribution in [3.8, 4) is 11.8 Å². The third kappa shape index (κ3) is 4.31. The van der Waals surface area contributed by atoms with Crippen molar-refractivity contribution >= 4 is 17.5 Å². The highest BCUT2D eigenvalue weighted by Crippen LogP contribution is 2.21. The molecule has 2 aromatic carbocycles. The Morgan fingerprint density at radius 1 is 1.31 bits per heavy atom. The summed E-state index contributed by atoms with van der Waals surface area (Å²) in [7, 11) is 0. The maximum atomic E-state index is 13.2. The van der Waals surface area contributed by atoms with Crippen molar-refractivity contribution in [1.82, 2.24) is 5.32 Å². The third-order valence-electron chi connectivity index (χ3n) is 4.07. The molecule has 2 atom stereocenters. The Morgan fingerprint density at radius 2 is 2.08 bits per heavy atom. The van der Waals surface area contributed by atoms with Gasteiger partial charge in [-0.2, -0.15) is 5.26 Å². The maximum Gasteiger partial charge on any atom is 0.253 e. The molecular weight excluding hydrogens is 359 g/mol. The molecule has 0 bridgehead atoms. The van der Waals surface area contributed by atoms with Gasteiger partial charge in [-0.15, -0.1) is 0 Å². The number of halogens is 2. The Balaban J connectivity index is 1.70. The molecule has 1 saturated heterocycles. The van der Waals surface area contributed by atoms with E-state index in [2.05, 4.69) is 5.32 Å². The molecule has 3 rings (SSSR count). The number of carbonyl (C=O) groups is 1.